The van der Waals surface area contributed by atoms with E-state index in [1.807, 2.05) is 24.3 Å². The minimum absolute atomic E-state index is 0.322. The molecule has 1 aliphatic carbocycles. The van der Waals surface area contributed by atoms with Crippen LogP contribution in [-0.4, -0.2) is 27.0 Å². The Morgan fingerprint density at radius 3 is 2.40 bits per heavy atom. The molecule has 0 fully saturated rings. The summed E-state index contributed by atoms with van der Waals surface area (Å²) in [6.07, 6.45) is 8.81. The van der Waals surface area contributed by atoms with E-state index < -0.39 is 11.2 Å². The van der Waals surface area contributed by atoms with Gasteiger partial charge in [0.05, 0.1) is 12.3 Å². The van der Waals surface area contributed by atoms with E-state index in [2.05, 4.69) is 65.6 Å². The van der Waals surface area contributed by atoms with Gasteiger partial charge in [0.2, 0.25) is 0 Å². The first-order chi connectivity index (χ1) is 19.7. The fourth-order valence-electron chi connectivity index (χ4n) is 5.38. The minimum atomic E-state index is -0.854. The van der Waals surface area contributed by atoms with Crippen molar-refractivity contribution < 1.29 is 14.4 Å². The van der Waals surface area contributed by atoms with Crippen LogP contribution in [0.2, 0.25) is 0 Å². The Morgan fingerprint density at radius 2 is 1.60 bits per heavy atom. The van der Waals surface area contributed by atoms with Gasteiger partial charge in [0.15, 0.2) is 0 Å². The maximum Gasteiger partial charge on any atom is 0.147 e. The lowest BCUT2D eigenvalue weighted by molar-refractivity contribution is 0.305. The first kappa shape index (κ1) is 28.0. The van der Waals surface area contributed by atoms with Crippen LogP contribution >= 0.6 is 0 Å². The van der Waals surface area contributed by atoms with Crippen molar-refractivity contribution in [3.05, 3.63) is 125 Å². The highest BCUT2D eigenvalue weighted by Crippen LogP contribution is 2.41. The minimum Gasteiger partial charge on any atom is -0.616 e. The second-order valence-corrected chi connectivity index (χ2v) is 11.9. The van der Waals surface area contributed by atoms with Crippen molar-refractivity contribution in [2.75, 3.05) is 12.4 Å². The van der Waals surface area contributed by atoms with E-state index in [1.54, 1.807) is 12.3 Å². The first-order valence-corrected chi connectivity index (χ1v) is 15.7. The van der Waals surface area contributed by atoms with E-state index in [4.69, 9.17) is 4.74 Å². The average molecular weight is 552 g/mol. The Bertz CT molecular complexity index is 1390. The summed E-state index contributed by atoms with van der Waals surface area (Å²) in [5.74, 6) is 2.46. The van der Waals surface area contributed by atoms with Gasteiger partial charge in [-0.25, -0.2) is 0 Å². The van der Waals surface area contributed by atoms with E-state index >= 15 is 0 Å². The van der Waals surface area contributed by atoms with Gasteiger partial charge in [-0.3, -0.25) is 4.98 Å². The van der Waals surface area contributed by atoms with Gasteiger partial charge in [0.1, 0.15) is 23.0 Å². The smallest absolute Gasteiger partial charge is 0.147 e. The molecule has 0 bridgehead atoms. The summed E-state index contributed by atoms with van der Waals surface area (Å²) in [4.78, 5) is 4.26. The number of hydrogen-bond donors (Lipinski definition) is 1. The number of ether oxygens (including phenoxy) is 1. The van der Waals surface area contributed by atoms with Crippen LogP contribution in [0.4, 0.5) is 0 Å². The molecule has 0 saturated heterocycles. The number of allylic oxidation sites excluding steroid dienone is 1. The van der Waals surface area contributed by atoms with Crippen molar-refractivity contribution in [2.24, 2.45) is 0 Å². The predicted molar refractivity (Wildman–Crippen MR) is 165 cm³/mol. The third-order valence-electron chi connectivity index (χ3n) is 7.37. The second kappa shape index (κ2) is 14.2. The van der Waals surface area contributed by atoms with Crippen molar-refractivity contribution in [1.82, 2.24) is 4.98 Å². The highest BCUT2D eigenvalue weighted by molar-refractivity contribution is 7.90. The van der Waals surface area contributed by atoms with E-state index in [0.717, 1.165) is 62.1 Å². The Balaban J connectivity index is 1.17. The largest absolute Gasteiger partial charge is 0.616 e. The van der Waals surface area contributed by atoms with Crippen LogP contribution < -0.4 is 4.74 Å². The third-order valence-corrected chi connectivity index (χ3v) is 8.73. The summed E-state index contributed by atoms with van der Waals surface area (Å²) in [7, 11) is 0. The number of pyridine rings is 1. The molecule has 40 heavy (non-hydrogen) atoms. The van der Waals surface area contributed by atoms with Crippen LogP contribution in [0, 0.1) is 0 Å². The molecule has 5 rings (SSSR count). The number of benzene rings is 3. The van der Waals surface area contributed by atoms with Gasteiger partial charge < -0.3 is 14.4 Å². The van der Waals surface area contributed by atoms with Crippen LogP contribution in [0.5, 0.6) is 11.5 Å². The molecule has 4 nitrogen and oxygen atoms in total. The molecule has 0 saturated carbocycles. The number of fused-ring (bicyclic) bond motifs is 1. The fraction of sp³-hybridized carbons (Fsp3) is 0.286. The molecule has 1 aliphatic rings. The lowest BCUT2D eigenvalue weighted by Crippen LogP contribution is -2.10. The third kappa shape index (κ3) is 7.56. The van der Waals surface area contributed by atoms with E-state index in [9.17, 15) is 9.66 Å². The maximum atomic E-state index is 12.3. The van der Waals surface area contributed by atoms with Crippen LogP contribution in [0.3, 0.4) is 0 Å². The predicted octanol–water partition coefficient (Wildman–Crippen LogP) is 7.97. The Labute approximate surface area is 241 Å². The molecule has 4 aromatic rings. The first-order valence-electron chi connectivity index (χ1n) is 14.3. The van der Waals surface area contributed by atoms with Crippen molar-refractivity contribution >= 4 is 22.3 Å². The molecule has 1 unspecified atom stereocenters. The van der Waals surface area contributed by atoms with Crippen molar-refractivity contribution in [3.63, 3.8) is 0 Å². The fourth-order valence-corrected chi connectivity index (χ4v) is 6.55. The van der Waals surface area contributed by atoms with E-state index in [0.29, 0.717) is 18.1 Å². The average Bonchev–Trinajstić information content (AvgIpc) is 3.17. The monoisotopic (exact) mass is 551 g/mol. The standard InChI is InChI=1S/C35H37NO3S/c37-31-18-21-34-29(25-31)13-10-15-33(27-11-4-3-5-12-27)35(34)28-16-19-32(20-17-28)39-23-8-1-2-9-24-40(38)26-30-14-6-7-22-36-30/h3-7,11-12,14,16-22,25,37H,1-2,8-10,13,15,23-24,26H2. The number of aromatic nitrogens is 1. The van der Waals surface area contributed by atoms with E-state index in [1.165, 1.54) is 33.4 Å². The number of hydrogen-bond acceptors (Lipinski definition) is 4. The van der Waals surface area contributed by atoms with Gasteiger partial charge in [-0.2, -0.15) is 0 Å². The Kier molecular flexibility index (Phi) is 9.94. The second-order valence-electron chi connectivity index (χ2n) is 10.3. The topological polar surface area (TPSA) is 65.4 Å². The molecule has 0 aliphatic heterocycles. The molecule has 1 N–H and O–H groups in total. The number of aromatic hydroxyl groups is 1. The molecule has 5 heteroatoms. The normalized spacial score (nSPS) is 13.9. The highest BCUT2D eigenvalue weighted by Gasteiger charge is 2.20. The quantitative estimate of drug-likeness (QED) is 0.143. The number of phenolic OH excluding ortho intramolecular Hbond substituents is 1. The van der Waals surface area contributed by atoms with Crippen LogP contribution in [0.25, 0.3) is 11.1 Å². The summed E-state index contributed by atoms with van der Waals surface area (Å²) in [5.41, 5.74) is 8.30. The molecular weight excluding hydrogens is 514 g/mol. The summed E-state index contributed by atoms with van der Waals surface area (Å²) in [6, 6.07) is 30.6. The number of aryl methyl sites for hydroxylation is 1. The SMILES string of the molecule is [O-][S+](CCCCCCOc1ccc(C2=C(c3ccccc3)CCCc3cc(O)ccc32)cc1)Cc1ccccn1. The van der Waals surface area contributed by atoms with Crippen LogP contribution in [0.1, 0.15) is 66.5 Å². The van der Waals surface area contributed by atoms with Gasteiger partial charge in [0.25, 0.3) is 0 Å². The van der Waals surface area contributed by atoms with Gasteiger partial charge in [-0.05, 0) is 126 Å². The number of nitrogens with zero attached hydrogens (tertiary/aromatic N) is 1. The molecule has 0 spiro atoms. The summed E-state index contributed by atoms with van der Waals surface area (Å²) >= 11 is -0.854. The van der Waals surface area contributed by atoms with Gasteiger partial charge in [-0.15, -0.1) is 0 Å². The molecule has 0 radical (unpaired) electrons. The molecule has 1 aromatic heterocycles. The Hall–Kier alpha value is -3.54. The number of phenols is 1. The van der Waals surface area contributed by atoms with Gasteiger partial charge in [-0.1, -0.05) is 54.6 Å². The van der Waals surface area contributed by atoms with Gasteiger partial charge in [0, 0.05) is 6.20 Å². The van der Waals surface area contributed by atoms with Gasteiger partial charge >= 0.3 is 0 Å². The zero-order valence-corrected chi connectivity index (χ0v) is 23.7. The Morgan fingerprint density at radius 1 is 0.800 bits per heavy atom. The zero-order valence-electron chi connectivity index (χ0n) is 22.9. The van der Waals surface area contributed by atoms with Crippen molar-refractivity contribution in [1.29, 1.82) is 0 Å². The van der Waals surface area contributed by atoms with E-state index in [-0.39, 0.29) is 0 Å². The van der Waals surface area contributed by atoms with Crippen molar-refractivity contribution in [2.45, 2.75) is 50.7 Å². The van der Waals surface area contributed by atoms with Crippen LogP contribution in [-0.2, 0) is 23.3 Å². The van der Waals surface area contributed by atoms with Crippen LogP contribution in [0.15, 0.2) is 97.2 Å². The summed E-state index contributed by atoms with van der Waals surface area (Å²) < 4.78 is 18.3. The highest BCUT2D eigenvalue weighted by atomic mass is 32.2. The zero-order chi connectivity index (χ0) is 27.6. The molecule has 3 aromatic carbocycles. The number of unbranched alkanes of at least 4 members (excludes halogenated alkanes) is 3. The molecule has 206 valence electrons. The lowest BCUT2D eigenvalue weighted by atomic mass is 9.88. The molecule has 0 amide bonds. The summed E-state index contributed by atoms with van der Waals surface area (Å²) in [6.45, 7) is 0.677. The molecule has 1 heterocycles. The molecule has 1 atom stereocenters. The number of rotatable bonds is 12. The van der Waals surface area contributed by atoms with Crippen molar-refractivity contribution in [3.8, 4) is 11.5 Å². The summed E-state index contributed by atoms with van der Waals surface area (Å²) in [5, 5.41) is 10.1. The molecular formula is C35H37NO3S. The maximum absolute atomic E-state index is 12.3. The lowest BCUT2D eigenvalue weighted by Gasteiger charge is -2.17.